The Balaban J connectivity index is 2.73. The number of hydrogen-bond donors (Lipinski definition) is 2. The van der Waals surface area contributed by atoms with Gasteiger partial charge >= 0.3 is 0 Å². The summed E-state index contributed by atoms with van der Waals surface area (Å²) in [5, 5.41) is 2.72. The average Bonchev–Trinajstić information content (AvgIpc) is 2.36. The van der Waals surface area contributed by atoms with Gasteiger partial charge in [0.25, 0.3) is 5.91 Å². The van der Waals surface area contributed by atoms with E-state index < -0.39 is 9.84 Å². The molecule has 0 aromatic heterocycles. The lowest BCUT2D eigenvalue weighted by Crippen LogP contribution is -2.26. The summed E-state index contributed by atoms with van der Waals surface area (Å²) in [6.07, 6.45) is 2.87. The van der Waals surface area contributed by atoms with E-state index in [1.54, 1.807) is 17.8 Å². The van der Waals surface area contributed by atoms with Crippen LogP contribution in [0.1, 0.15) is 10.4 Å². The molecule has 0 bridgehead atoms. The molecule has 0 unspecified atom stereocenters. The second-order valence-corrected chi connectivity index (χ2v) is 7.35. The first kappa shape index (κ1) is 16.6. The number of thioether (sulfide) groups is 1. The van der Waals surface area contributed by atoms with Crippen molar-refractivity contribution in [1.29, 1.82) is 0 Å². The highest BCUT2D eigenvalue weighted by molar-refractivity contribution is 7.99. The predicted octanol–water partition coefficient (Wildman–Crippen LogP) is 1.32. The number of rotatable bonds is 7. The molecule has 110 valence electrons. The molecule has 0 atom stereocenters. The lowest BCUT2D eigenvalue weighted by molar-refractivity contribution is 0.0956. The minimum Gasteiger partial charge on any atom is -0.399 e. The van der Waals surface area contributed by atoms with Gasteiger partial charge < -0.3 is 11.1 Å². The number of carbonyl (C=O) groups excluding carboxylic acids is 1. The Hall–Kier alpha value is -1.47. The molecule has 0 aliphatic rings. The fraction of sp³-hybridized carbons (Fsp3) is 0.308. The predicted molar refractivity (Wildman–Crippen MR) is 83.8 cm³/mol. The second kappa shape index (κ2) is 7.35. The molecule has 0 aliphatic heterocycles. The monoisotopic (exact) mass is 314 g/mol. The zero-order chi connectivity index (χ0) is 15.2. The first-order chi connectivity index (χ1) is 9.34. The van der Waals surface area contributed by atoms with Crippen LogP contribution in [0.25, 0.3) is 0 Å². The molecule has 0 spiro atoms. The smallest absolute Gasteiger partial charge is 0.251 e. The van der Waals surface area contributed by atoms with Gasteiger partial charge in [0, 0.05) is 35.6 Å². The van der Waals surface area contributed by atoms with E-state index in [4.69, 9.17) is 5.73 Å². The summed E-state index contributed by atoms with van der Waals surface area (Å²) in [7, 11) is -3.39. The molecule has 0 saturated heterocycles. The van der Waals surface area contributed by atoms with Crippen LogP contribution < -0.4 is 11.1 Å². The molecule has 0 radical (unpaired) electrons. The molecule has 20 heavy (non-hydrogen) atoms. The van der Waals surface area contributed by atoms with Crippen LogP contribution in [0, 0.1) is 0 Å². The number of nitrogens with two attached hydrogens (primary N) is 1. The van der Waals surface area contributed by atoms with Crippen molar-refractivity contribution < 1.29 is 13.2 Å². The lowest BCUT2D eigenvalue weighted by atomic mass is 10.2. The summed E-state index contributed by atoms with van der Waals surface area (Å²) in [6.45, 7) is 4.10. The van der Waals surface area contributed by atoms with E-state index in [-0.39, 0.29) is 22.1 Å². The van der Waals surface area contributed by atoms with E-state index in [9.17, 15) is 13.2 Å². The van der Waals surface area contributed by atoms with Gasteiger partial charge in [-0.3, -0.25) is 4.79 Å². The average molecular weight is 314 g/mol. The Kier molecular flexibility index (Phi) is 6.09. The fourth-order valence-electron chi connectivity index (χ4n) is 1.47. The van der Waals surface area contributed by atoms with E-state index in [0.717, 1.165) is 17.8 Å². The number of nitrogen functional groups attached to an aromatic ring is 1. The maximum Gasteiger partial charge on any atom is 0.251 e. The Labute approximate surface area is 123 Å². The van der Waals surface area contributed by atoms with Crippen molar-refractivity contribution in [2.75, 3.05) is 30.0 Å². The van der Waals surface area contributed by atoms with Crippen molar-refractivity contribution in [2.24, 2.45) is 0 Å². The minimum absolute atomic E-state index is 0.0451. The maximum absolute atomic E-state index is 11.9. The summed E-state index contributed by atoms with van der Waals surface area (Å²) in [4.78, 5) is 12.0. The molecule has 0 fully saturated rings. The van der Waals surface area contributed by atoms with Crippen LogP contribution in [-0.2, 0) is 9.84 Å². The summed E-state index contributed by atoms with van der Waals surface area (Å²) in [6, 6.07) is 4.13. The molecule has 7 heteroatoms. The number of sulfone groups is 1. The van der Waals surface area contributed by atoms with Crippen molar-refractivity contribution in [3.63, 3.8) is 0 Å². The van der Waals surface area contributed by atoms with E-state index in [1.165, 1.54) is 18.2 Å². The first-order valence-electron chi connectivity index (χ1n) is 5.92. The van der Waals surface area contributed by atoms with Gasteiger partial charge in [-0.2, -0.15) is 11.8 Å². The van der Waals surface area contributed by atoms with Gasteiger partial charge in [0.05, 0.1) is 4.90 Å². The van der Waals surface area contributed by atoms with E-state index in [1.807, 2.05) is 0 Å². The van der Waals surface area contributed by atoms with Gasteiger partial charge in [-0.25, -0.2) is 8.42 Å². The lowest BCUT2D eigenvalue weighted by Gasteiger charge is -2.07. The van der Waals surface area contributed by atoms with E-state index in [0.29, 0.717) is 6.54 Å². The first-order valence-corrected chi connectivity index (χ1v) is 8.96. The van der Waals surface area contributed by atoms with E-state index in [2.05, 4.69) is 11.9 Å². The highest BCUT2D eigenvalue weighted by Gasteiger charge is 2.13. The van der Waals surface area contributed by atoms with Gasteiger partial charge in [0.15, 0.2) is 9.84 Å². The van der Waals surface area contributed by atoms with Crippen LogP contribution >= 0.6 is 11.8 Å². The number of carbonyl (C=O) groups is 1. The van der Waals surface area contributed by atoms with Crippen LogP contribution in [0.2, 0.25) is 0 Å². The third-order valence-electron chi connectivity index (χ3n) is 2.39. The van der Waals surface area contributed by atoms with Crippen LogP contribution in [0.15, 0.2) is 35.7 Å². The van der Waals surface area contributed by atoms with Gasteiger partial charge in [-0.15, -0.1) is 6.58 Å². The molecule has 5 nitrogen and oxygen atoms in total. The molecule has 1 aromatic carbocycles. The van der Waals surface area contributed by atoms with Crippen LogP contribution in [-0.4, -0.2) is 38.6 Å². The van der Waals surface area contributed by atoms with Gasteiger partial charge in [-0.05, 0) is 18.2 Å². The topological polar surface area (TPSA) is 89.3 Å². The molecule has 0 heterocycles. The number of nitrogens with one attached hydrogen (secondary N) is 1. The third-order valence-corrected chi connectivity index (χ3v) is 4.44. The second-order valence-electron chi connectivity index (χ2n) is 4.18. The highest BCUT2D eigenvalue weighted by Crippen LogP contribution is 2.16. The Morgan fingerprint density at radius 2 is 2.15 bits per heavy atom. The van der Waals surface area contributed by atoms with Gasteiger partial charge in [-0.1, -0.05) is 6.08 Å². The summed E-state index contributed by atoms with van der Waals surface area (Å²) >= 11 is 1.65. The fourth-order valence-corrected chi connectivity index (χ4v) is 2.74. The molecule has 3 N–H and O–H groups in total. The highest BCUT2D eigenvalue weighted by atomic mass is 32.2. The van der Waals surface area contributed by atoms with Crippen molar-refractivity contribution in [3.8, 4) is 0 Å². The summed E-state index contributed by atoms with van der Waals surface area (Å²) in [5.74, 6) is 1.26. The molecule has 0 aliphatic carbocycles. The maximum atomic E-state index is 11.9. The number of amides is 1. The van der Waals surface area contributed by atoms with Crippen LogP contribution in [0.3, 0.4) is 0 Å². The van der Waals surface area contributed by atoms with Crippen molar-refractivity contribution >= 4 is 33.2 Å². The summed E-state index contributed by atoms with van der Waals surface area (Å²) < 4.78 is 23.0. The van der Waals surface area contributed by atoms with Crippen LogP contribution in [0.5, 0.6) is 0 Å². The van der Waals surface area contributed by atoms with E-state index >= 15 is 0 Å². The summed E-state index contributed by atoms with van der Waals surface area (Å²) in [5.41, 5.74) is 6.13. The molecular formula is C13H18N2O3S2. The molecule has 1 rings (SSSR count). The Morgan fingerprint density at radius 1 is 1.45 bits per heavy atom. The van der Waals surface area contributed by atoms with Crippen molar-refractivity contribution in [2.45, 2.75) is 4.90 Å². The SMILES string of the molecule is C=CCSCCNC(=O)c1cc(N)cc(S(C)(=O)=O)c1. The number of anilines is 1. The van der Waals surface area contributed by atoms with Gasteiger partial charge in [0.2, 0.25) is 0 Å². The van der Waals surface area contributed by atoms with Gasteiger partial charge in [0.1, 0.15) is 0 Å². The number of benzene rings is 1. The molecule has 1 amide bonds. The largest absolute Gasteiger partial charge is 0.399 e. The zero-order valence-corrected chi connectivity index (χ0v) is 12.9. The minimum atomic E-state index is -3.39. The molecule has 1 aromatic rings. The quantitative estimate of drug-likeness (QED) is 0.450. The normalized spacial score (nSPS) is 11.1. The Bertz CT molecular complexity index is 598. The Morgan fingerprint density at radius 3 is 2.75 bits per heavy atom. The zero-order valence-electron chi connectivity index (χ0n) is 11.3. The van der Waals surface area contributed by atoms with Crippen molar-refractivity contribution in [3.05, 3.63) is 36.4 Å². The third kappa shape index (κ3) is 5.26. The molecule has 0 saturated carbocycles. The van der Waals surface area contributed by atoms with Crippen LogP contribution in [0.4, 0.5) is 5.69 Å². The molecular weight excluding hydrogens is 296 g/mol. The van der Waals surface area contributed by atoms with Crippen molar-refractivity contribution in [1.82, 2.24) is 5.32 Å². The number of hydrogen-bond acceptors (Lipinski definition) is 5. The standard InChI is InChI=1S/C13H18N2O3S2/c1-3-5-19-6-4-15-13(16)10-7-11(14)9-12(8-10)20(2,17)18/h3,7-9H,1,4-6,14H2,2H3,(H,15,16).